The molecule has 1 fully saturated rings. The Balaban J connectivity index is 1.38. The Morgan fingerprint density at radius 1 is 1.41 bits per heavy atom. The van der Waals surface area contributed by atoms with Crippen LogP contribution < -0.4 is 5.32 Å². The van der Waals surface area contributed by atoms with Gasteiger partial charge in [-0.25, -0.2) is 4.98 Å². The maximum absolute atomic E-state index is 12.3. The molecule has 0 saturated carbocycles. The van der Waals surface area contributed by atoms with Gasteiger partial charge < -0.3 is 14.8 Å². The number of carbonyl (C=O) groups excluding carboxylic acids is 2. The highest BCUT2D eigenvalue weighted by Gasteiger charge is 2.22. The van der Waals surface area contributed by atoms with Crippen LogP contribution in [0.2, 0.25) is 10.0 Å². The molecule has 1 saturated heterocycles. The van der Waals surface area contributed by atoms with Gasteiger partial charge in [0.25, 0.3) is 0 Å². The van der Waals surface area contributed by atoms with Gasteiger partial charge in [0.1, 0.15) is 0 Å². The van der Waals surface area contributed by atoms with E-state index in [1.54, 1.807) is 13.0 Å². The van der Waals surface area contributed by atoms with E-state index in [2.05, 4.69) is 15.2 Å². The molecule has 1 N–H and O–H groups in total. The Labute approximate surface area is 205 Å². The zero-order valence-electron chi connectivity index (χ0n) is 17.6. The molecule has 1 aliphatic heterocycles. The minimum atomic E-state index is -0.300. The molecule has 7 nitrogen and oxygen atoms in total. The first-order valence-electron chi connectivity index (χ1n) is 10.2. The van der Waals surface area contributed by atoms with E-state index in [4.69, 9.17) is 32.7 Å². The van der Waals surface area contributed by atoms with Crippen LogP contribution in [0.3, 0.4) is 0 Å². The lowest BCUT2D eigenvalue weighted by molar-refractivity contribution is -0.142. The molecule has 2 heterocycles. The summed E-state index contributed by atoms with van der Waals surface area (Å²) in [5, 5.41) is 5.87. The fourth-order valence-corrected chi connectivity index (χ4v) is 5.22. The first-order chi connectivity index (χ1) is 15.4. The van der Waals surface area contributed by atoms with Gasteiger partial charge in [-0.05, 0) is 18.6 Å². The van der Waals surface area contributed by atoms with Gasteiger partial charge in [0.15, 0.2) is 4.34 Å². The summed E-state index contributed by atoms with van der Waals surface area (Å²) >= 11 is 15.2. The monoisotopic (exact) mass is 517 g/mol. The van der Waals surface area contributed by atoms with Gasteiger partial charge in [-0.15, -0.1) is 11.3 Å². The molecule has 3 rings (SSSR count). The van der Waals surface area contributed by atoms with Crippen LogP contribution in [0, 0.1) is 0 Å². The molecular formula is C21H25Cl2N3O4S2. The van der Waals surface area contributed by atoms with Crippen molar-refractivity contribution < 1.29 is 19.1 Å². The summed E-state index contributed by atoms with van der Waals surface area (Å²) in [5.41, 5.74) is 1.64. The number of carbonyl (C=O) groups is 2. The topological polar surface area (TPSA) is 80.8 Å². The fourth-order valence-electron chi connectivity index (χ4n) is 3.16. The third kappa shape index (κ3) is 7.90. The molecular weight excluding hydrogens is 493 g/mol. The number of nitrogens with one attached hydrogen (secondary N) is 1. The fraction of sp³-hybridized carbons (Fsp3) is 0.476. The lowest BCUT2D eigenvalue weighted by Crippen LogP contribution is -2.47. The molecule has 0 spiro atoms. The number of morpholine rings is 1. The van der Waals surface area contributed by atoms with Gasteiger partial charge in [-0.2, -0.15) is 0 Å². The van der Waals surface area contributed by atoms with Crippen molar-refractivity contribution in [1.29, 1.82) is 0 Å². The van der Waals surface area contributed by atoms with Crippen LogP contribution in [0.4, 0.5) is 0 Å². The average Bonchev–Trinajstić information content (AvgIpc) is 3.21. The molecule has 2 aromatic rings. The molecule has 0 radical (unpaired) electrons. The number of hydrogen-bond acceptors (Lipinski definition) is 8. The van der Waals surface area contributed by atoms with Crippen molar-refractivity contribution in [1.82, 2.24) is 15.2 Å². The van der Waals surface area contributed by atoms with E-state index in [0.29, 0.717) is 48.6 Å². The maximum Gasteiger partial charge on any atom is 0.311 e. The Morgan fingerprint density at radius 2 is 2.25 bits per heavy atom. The Hall–Kier alpha value is -1.36. The van der Waals surface area contributed by atoms with Crippen molar-refractivity contribution in [3.63, 3.8) is 0 Å². The van der Waals surface area contributed by atoms with Crippen LogP contribution in [0.1, 0.15) is 18.2 Å². The van der Waals surface area contributed by atoms with E-state index in [9.17, 15) is 9.59 Å². The summed E-state index contributed by atoms with van der Waals surface area (Å²) in [6.07, 6.45) is 0.0548. The van der Waals surface area contributed by atoms with E-state index in [0.717, 1.165) is 16.4 Å². The molecule has 1 amide bonds. The standard InChI is InChI=1S/C21H25Cl2N3O4S2/c1-2-29-19(28)8-15-12-31-21(25-15)32-13-18(27)24-9-16-11-26(6-7-30-16)10-14-4-3-5-17(22)20(14)23/h3-5,12,16H,2,6-11,13H2,1H3,(H,24,27). The van der Waals surface area contributed by atoms with E-state index >= 15 is 0 Å². The molecule has 0 aliphatic carbocycles. The number of rotatable bonds is 10. The van der Waals surface area contributed by atoms with Crippen molar-refractivity contribution in [2.45, 2.75) is 30.3 Å². The van der Waals surface area contributed by atoms with Gasteiger partial charge in [0, 0.05) is 31.6 Å². The minimum Gasteiger partial charge on any atom is -0.466 e. The lowest BCUT2D eigenvalue weighted by Gasteiger charge is -2.33. The summed E-state index contributed by atoms with van der Waals surface area (Å²) in [6.45, 7) is 5.31. The van der Waals surface area contributed by atoms with Crippen LogP contribution in [-0.4, -0.2) is 66.5 Å². The van der Waals surface area contributed by atoms with Gasteiger partial charge in [0.2, 0.25) is 5.91 Å². The third-order valence-corrected chi connectivity index (χ3v) is 7.59. The minimum absolute atomic E-state index is 0.0873. The van der Waals surface area contributed by atoms with E-state index in [1.807, 2.05) is 17.5 Å². The summed E-state index contributed by atoms with van der Waals surface area (Å²) in [6, 6.07) is 5.63. The highest BCUT2D eigenvalue weighted by molar-refractivity contribution is 8.01. The number of esters is 1. The van der Waals surface area contributed by atoms with Gasteiger partial charge in [-0.1, -0.05) is 47.1 Å². The summed E-state index contributed by atoms with van der Waals surface area (Å²) in [5.74, 6) is -0.136. The number of hydrogen-bond donors (Lipinski definition) is 1. The zero-order chi connectivity index (χ0) is 22.9. The van der Waals surface area contributed by atoms with E-state index in [1.165, 1.54) is 23.1 Å². The van der Waals surface area contributed by atoms with Crippen molar-refractivity contribution in [2.75, 3.05) is 38.6 Å². The smallest absolute Gasteiger partial charge is 0.311 e. The molecule has 1 unspecified atom stereocenters. The third-order valence-electron chi connectivity index (χ3n) is 4.66. The number of aromatic nitrogens is 1. The zero-order valence-corrected chi connectivity index (χ0v) is 20.8. The van der Waals surface area contributed by atoms with Crippen LogP contribution in [-0.2, 0) is 32.0 Å². The molecule has 1 aromatic carbocycles. The molecule has 1 atom stereocenters. The number of ether oxygens (including phenoxy) is 2. The molecule has 1 aliphatic rings. The normalized spacial score (nSPS) is 16.7. The van der Waals surface area contributed by atoms with Crippen molar-refractivity contribution in [2.24, 2.45) is 0 Å². The quantitative estimate of drug-likeness (QED) is 0.380. The second-order valence-electron chi connectivity index (χ2n) is 7.12. The largest absolute Gasteiger partial charge is 0.466 e. The summed E-state index contributed by atoms with van der Waals surface area (Å²) in [7, 11) is 0. The number of benzene rings is 1. The number of amides is 1. The highest BCUT2D eigenvalue weighted by Crippen LogP contribution is 2.27. The van der Waals surface area contributed by atoms with Gasteiger partial charge >= 0.3 is 5.97 Å². The van der Waals surface area contributed by atoms with Crippen LogP contribution in [0.15, 0.2) is 27.9 Å². The molecule has 0 bridgehead atoms. The maximum atomic E-state index is 12.3. The van der Waals surface area contributed by atoms with Crippen LogP contribution in [0.5, 0.6) is 0 Å². The molecule has 1 aromatic heterocycles. The van der Waals surface area contributed by atoms with Crippen molar-refractivity contribution in [3.8, 4) is 0 Å². The van der Waals surface area contributed by atoms with Crippen molar-refractivity contribution in [3.05, 3.63) is 44.9 Å². The number of thioether (sulfide) groups is 1. The second kappa shape index (κ2) is 12.8. The first kappa shape index (κ1) is 25.3. The Morgan fingerprint density at radius 3 is 3.06 bits per heavy atom. The van der Waals surface area contributed by atoms with E-state index in [-0.39, 0.29) is 30.2 Å². The predicted octanol–water partition coefficient (Wildman–Crippen LogP) is 3.66. The van der Waals surface area contributed by atoms with E-state index < -0.39 is 0 Å². The van der Waals surface area contributed by atoms with Crippen LogP contribution in [0.25, 0.3) is 0 Å². The Kier molecular flexibility index (Phi) is 10.1. The van der Waals surface area contributed by atoms with Crippen molar-refractivity contribution >= 4 is 58.2 Å². The SMILES string of the molecule is CCOC(=O)Cc1csc(SCC(=O)NCC2CN(Cc3cccc(Cl)c3Cl)CCO2)n1. The Bertz CT molecular complexity index is 928. The number of thiazole rings is 1. The van der Waals surface area contributed by atoms with Gasteiger partial charge in [-0.3, -0.25) is 14.5 Å². The number of halogens is 2. The highest BCUT2D eigenvalue weighted by atomic mass is 35.5. The molecule has 174 valence electrons. The summed E-state index contributed by atoms with van der Waals surface area (Å²) < 4.78 is 11.5. The second-order valence-corrected chi connectivity index (χ2v) is 9.99. The molecule has 11 heteroatoms. The van der Waals surface area contributed by atoms with Crippen LogP contribution >= 0.6 is 46.3 Å². The number of nitrogens with zero attached hydrogens (tertiary/aromatic N) is 2. The summed E-state index contributed by atoms with van der Waals surface area (Å²) in [4.78, 5) is 30.4. The average molecular weight is 518 g/mol. The lowest BCUT2D eigenvalue weighted by atomic mass is 10.2. The first-order valence-corrected chi connectivity index (χ1v) is 12.8. The predicted molar refractivity (Wildman–Crippen MR) is 128 cm³/mol. The van der Waals surface area contributed by atoms with Gasteiger partial charge in [0.05, 0.1) is 47.2 Å². The molecule has 32 heavy (non-hydrogen) atoms.